The van der Waals surface area contributed by atoms with Gasteiger partial charge in [-0.3, -0.25) is 9.59 Å². The molecule has 1 fully saturated rings. The Hall–Kier alpha value is -1.10. The predicted octanol–water partition coefficient (Wildman–Crippen LogP) is 1.42. The van der Waals surface area contributed by atoms with E-state index in [9.17, 15) is 9.59 Å². The Morgan fingerprint density at radius 1 is 1.25 bits per heavy atom. The first kappa shape index (κ1) is 17.0. The molecule has 1 saturated heterocycles. The predicted molar refractivity (Wildman–Crippen MR) is 78.3 cm³/mol. The van der Waals surface area contributed by atoms with E-state index in [1.54, 1.807) is 4.90 Å². The molecule has 1 aliphatic rings. The molecule has 0 aromatic heterocycles. The maximum absolute atomic E-state index is 12.0. The van der Waals surface area contributed by atoms with E-state index in [4.69, 9.17) is 4.74 Å². The van der Waals surface area contributed by atoms with E-state index in [1.165, 1.54) is 7.11 Å². The fourth-order valence-corrected chi connectivity index (χ4v) is 2.31. The standard InChI is InChI=1S/C15H28N2O3/c1-15(2,3)7-8-16-14(19)12-5-9-17(10-6-12)13(18)11-20-4/h12H,5-11H2,1-4H3,(H,16,19). The van der Waals surface area contributed by atoms with Crippen molar-refractivity contribution in [3.8, 4) is 0 Å². The number of nitrogens with one attached hydrogen (secondary N) is 1. The van der Waals surface area contributed by atoms with Gasteiger partial charge in [0.25, 0.3) is 0 Å². The van der Waals surface area contributed by atoms with E-state index < -0.39 is 0 Å². The fraction of sp³-hybridized carbons (Fsp3) is 0.867. The second-order valence-electron chi connectivity index (χ2n) is 6.69. The molecule has 5 heteroatoms. The number of amides is 2. The zero-order chi connectivity index (χ0) is 15.2. The summed E-state index contributed by atoms with van der Waals surface area (Å²) >= 11 is 0. The third-order valence-corrected chi connectivity index (χ3v) is 3.66. The van der Waals surface area contributed by atoms with Crippen molar-refractivity contribution in [3.05, 3.63) is 0 Å². The van der Waals surface area contributed by atoms with Crippen molar-refractivity contribution in [2.24, 2.45) is 11.3 Å². The molecule has 0 aromatic rings. The SMILES string of the molecule is COCC(=O)N1CCC(C(=O)NCCC(C)(C)C)CC1. The number of piperidine rings is 1. The second-order valence-corrected chi connectivity index (χ2v) is 6.69. The topological polar surface area (TPSA) is 58.6 Å². The molecule has 1 heterocycles. The van der Waals surface area contributed by atoms with Crippen LogP contribution in [0.5, 0.6) is 0 Å². The summed E-state index contributed by atoms with van der Waals surface area (Å²) in [5.41, 5.74) is 0.239. The van der Waals surface area contributed by atoms with Crippen LogP contribution >= 0.6 is 0 Å². The molecule has 0 atom stereocenters. The van der Waals surface area contributed by atoms with Crippen LogP contribution in [-0.4, -0.2) is 50.1 Å². The first-order valence-electron chi connectivity index (χ1n) is 7.38. The highest BCUT2D eigenvalue weighted by atomic mass is 16.5. The summed E-state index contributed by atoms with van der Waals surface area (Å²) in [7, 11) is 1.52. The molecule has 20 heavy (non-hydrogen) atoms. The van der Waals surface area contributed by atoms with Gasteiger partial charge in [-0.15, -0.1) is 0 Å². The molecule has 0 bridgehead atoms. The van der Waals surface area contributed by atoms with Crippen molar-refractivity contribution in [3.63, 3.8) is 0 Å². The van der Waals surface area contributed by atoms with E-state index in [0.717, 1.165) is 25.8 Å². The summed E-state index contributed by atoms with van der Waals surface area (Å²) in [6, 6.07) is 0. The molecule has 0 aromatic carbocycles. The van der Waals surface area contributed by atoms with Crippen molar-refractivity contribution >= 4 is 11.8 Å². The Balaban J connectivity index is 2.27. The summed E-state index contributed by atoms with van der Waals surface area (Å²) < 4.78 is 4.85. The van der Waals surface area contributed by atoms with Crippen molar-refractivity contribution in [2.45, 2.75) is 40.0 Å². The van der Waals surface area contributed by atoms with Gasteiger partial charge in [-0.1, -0.05) is 20.8 Å². The van der Waals surface area contributed by atoms with Crippen molar-refractivity contribution in [1.29, 1.82) is 0 Å². The lowest BCUT2D eigenvalue weighted by molar-refractivity contribution is -0.138. The third kappa shape index (κ3) is 5.90. The molecule has 0 aliphatic carbocycles. The van der Waals surface area contributed by atoms with Crippen LogP contribution < -0.4 is 5.32 Å². The number of carbonyl (C=O) groups excluding carboxylic acids is 2. The van der Waals surface area contributed by atoms with Gasteiger partial charge in [0.1, 0.15) is 6.61 Å². The van der Waals surface area contributed by atoms with Crippen LogP contribution in [0.3, 0.4) is 0 Å². The molecule has 0 saturated carbocycles. The number of likely N-dealkylation sites (tertiary alicyclic amines) is 1. The van der Waals surface area contributed by atoms with Gasteiger partial charge in [0.05, 0.1) is 0 Å². The Bertz CT molecular complexity index is 329. The molecular weight excluding hydrogens is 256 g/mol. The molecular formula is C15H28N2O3. The zero-order valence-electron chi connectivity index (χ0n) is 13.2. The molecule has 1 N–H and O–H groups in total. The van der Waals surface area contributed by atoms with Crippen LogP contribution in [0.4, 0.5) is 0 Å². The van der Waals surface area contributed by atoms with Gasteiger partial charge in [0.15, 0.2) is 0 Å². The number of methoxy groups -OCH3 is 1. The molecule has 2 amide bonds. The van der Waals surface area contributed by atoms with Gasteiger partial charge in [0, 0.05) is 32.7 Å². The minimum atomic E-state index is 0.0130. The zero-order valence-corrected chi connectivity index (χ0v) is 13.2. The molecule has 0 spiro atoms. The number of hydrogen-bond donors (Lipinski definition) is 1. The van der Waals surface area contributed by atoms with E-state index in [2.05, 4.69) is 26.1 Å². The Kier molecular flexibility index (Phi) is 6.46. The molecule has 1 rings (SSSR count). The van der Waals surface area contributed by atoms with Crippen LogP contribution in [0.2, 0.25) is 0 Å². The normalized spacial score (nSPS) is 17.1. The maximum atomic E-state index is 12.0. The monoisotopic (exact) mass is 284 g/mol. The van der Waals surface area contributed by atoms with E-state index in [1.807, 2.05) is 0 Å². The van der Waals surface area contributed by atoms with Gasteiger partial charge in [-0.05, 0) is 24.7 Å². The van der Waals surface area contributed by atoms with E-state index in [0.29, 0.717) is 13.1 Å². The highest BCUT2D eigenvalue weighted by molar-refractivity contribution is 5.80. The van der Waals surface area contributed by atoms with E-state index >= 15 is 0 Å². The van der Waals surface area contributed by atoms with Gasteiger partial charge in [-0.2, -0.15) is 0 Å². The Labute approximate surface area is 122 Å². The maximum Gasteiger partial charge on any atom is 0.248 e. The lowest BCUT2D eigenvalue weighted by Crippen LogP contribution is -2.44. The van der Waals surface area contributed by atoms with Gasteiger partial charge >= 0.3 is 0 Å². The summed E-state index contributed by atoms with van der Waals surface area (Å²) in [5, 5.41) is 3.01. The van der Waals surface area contributed by atoms with Crippen LogP contribution in [0.25, 0.3) is 0 Å². The average molecular weight is 284 g/mol. The quantitative estimate of drug-likeness (QED) is 0.830. The van der Waals surface area contributed by atoms with Crippen molar-refractivity contribution < 1.29 is 14.3 Å². The Morgan fingerprint density at radius 2 is 1.85 bits per heavy atom. The largest absolute Gasteiger partial charge is 0.375 e. The van der Waals surface area contributed by atoms with Gasteiger partial charge in [-0.25, -0.2) is 0 Å². The Morgan fingerprint density at radius 3 is 2.35 bits per heavy atom. The third-order valence-electron chi connectivity index (χ3n) is 3.66. The lowest BCUT2D eigenvalue weighted by Gasteiger charge is -2.31. The minimum absolute atomic E-state index is 0.0130. The number of hydrogen-bond acceptors (Lipinski definition) is 3. The van der Waals surface area contributed by atoms with Crippen LogP contribution in [-0.2, 0) is 14.3 Å². The first-order chi connectivity index (χ1) is 9.33. The number of nitrogens with zero attached hydrogens (tertiary/aromatic N) is 1. The van der Waals surface area contributed by atoms with Crippen molar-refractivity contribution in [1.82, 2.24) is 10.2 Å². The summed E-state index contributed by atoms with van der Waals surface area (Å²) in [6.45, 7) is 8.66. The highest BCUT2D eigenvalue weighted by Crippen LogP contribution is 2.19. The summed E-state index contributed by atoms with van der Waals surface area (Å²) in [6.07, 6.45) is 2.47. The lowest BCUT2D eigenvalue weighted by atomic mass is 9.92. The highest BCUT2D eigenvalue weighted by Gasteiger charge is 2.27. The average Bonchev–Trinajstić information content (AvgIpc) is 2.37. The molecule has 5 nitrogen and oxygen atoms in total. The number of rotatable bonds is 5. The molecule has 0 unspecified atom stereocenters. The molecule has 0 radical (unpaired) electrons. The minimum Gasteiger partial charge on any atom is -0.375 e. The number of carbonyl (C=O) groups is 2. The van der Waals surface area contributed by atoms with Gasteiger partial charge < -0.3 is 15.0 Å². The number of ether oxygens (including phenoxy) is 1. The fourth-order valence-electron chi connectivity index (χ4n) is 2.31. The van der Waals surface area contributed by atoms with E-state index in [-0.39, 0.29) is 29.8 Å². The second kappa shape index (κ2) is 7.62. The van der Waals surface area contributed by atoms with Gasteiger partial charge in [0.2, 0.25) is 11.8 Å². The molecule has 116 valence electrons. The summed E-state index contributed by atoms with van der Waals surface area (Å²) in [4.78, 5) is 25.5. The van der Waals surface area contributed by atoms with Crippen LogP contribution in [0.1, 0.15) is 40.0 Å². The van der Waals surface area contributed by atoms with Crippen LogP contribution in [0.15, 0.2) is 0 Å². The summed E-state index contributed by atoms with van der Waals surface area (Å²) in [5.74, 6) is 0.189. The van der Waals surface area contributed by atoms with Crippen LogP contribution in [0, 0.1) is 11.3 Å². The molecule has 1 aliphatic heterocycles. The smallest absolute Gasteiger partial charge is 0.248 e. The van der Waals surface area contributed by atoms with Crippen molar-refractivity contribution in [2.75, 3.05) is 33.4 Å². The first-order valence-corrected chi connectivity index (χ1v) is 7.38.